The van der Waals surface area contributed by atoms with E-state index in [-0.39, 0.29) is 5.69 Å². The lowest BCUT2D eigenvalue weighted by Gasteiger charge is -2.14. The third kappa shape index (κ3) is 3.63. The number of alkyl halides is 3. The van der Waals surface area contributed by atoms with Crippen LogP contribution in [0.2, 0.25) is 5.02 Å². The predicted molar refractivity (Wildman–Crippen MR) is 83.0 cm³/mol. The van der Waals surface area contributed by atoms with E-state index in [1.165, 1.54) is 6.07 Å². The molecule has 0 aliphatic rings. The number of nitrogens with one attached hydrogen (secondary N) is 1. The van der Waals surface area contributed by atoms with Crippen LogP contribution in [0.1, 0.15) is 11.1 Å². The number of hydrogen-bond donors (Lipinski definition) is 2. The second kappa shape index (κ2) is 5.77. The SMILES string of the molecule is Cc1cc(Br)c(Nc2ccc(C(F)(F)F)cc2N)cc1Cl. The van der Waals surface area contributed by atoms with Gasteiger partial charge in [-0.15, -0.1) is 0 Å². The molecule has 0 aliphatic carbocycles. The molecule has 0 aromatic heterocycles. The van der Waals surface area contributed by atoms with Crippen molar-refractivity contribution in [3.63, 3.8) is 0 Å². The van der Waals surface area contributed by atoms with E-state index in [0.717, 1.165) is 22.2 Å². The normalized spacial score (nSPS) is 11.5. The fraction of sp³-hybridized carbons (Fsp3) is 0.143. The van der Waals surface area contributed by atoms with Gasteiger partial charge in [-0.05, 0) is 58.7 Å². The summed E-state index contributed by atoms with van der Waals surface area (Å²) in [6, 6.07) is 6.65. The Labute approximate surface area is 133 Å². The van der Waals surface area contributed by atoms with Gasteiger partial charge in [0.15, 0.2) is 0 Å². The number of nitrogen functional groups attached to an aromatic ring is 1. The number of anilines is 3. The molecule has 0 radical (unpaired) electrons. The average molecular weight is 380 g/mol. The van der Waals surface area contributed by atoms with Gasteiger partial charge in [-0.2, -0.15) is 13.2 Å². The quantitative estimate of drug-likeness (QED) is 0.651. The highest BCUT2D eigenvalue weighted by molar-refractivity contribution is 9.10. The topological polar surface area (TPSA) is 38.0 Å². The first-order valence-electron chi connectivity index (χ1n) is 5.88. The molecule has 0 aliphatic heterocycles. The van der Waals surface area contributed by atoms with Gasteiger partial charge in [0, 0.05) is 9.50 Å². The molecular weight excluding hydrogens is 369 g/mol. The zero-order chi connectivity index (χ0) is 15.8. The molecule has 21 heavy (non-hydrogen) atoms. The molecule has 0 spiro atoms. The molecule has 0 saturated carbocycles. The number of halogens is 5. The van der Waals surface area contributed by atoms with Crippen LogP contribution in [-0.4, -0.2) is 0 Å². The lowest BCUT2D eigenvalue weighted by Crippen LogP contribution is -2.06. The highest BCUT2D eigenvalue weighted by atomic mass is 79.9. The Morgan fingerprint density at radius 1 is 1.14 bits per heavy atom. The molecule has 2 aromatic carbocycles. The van der Waals surface area contributed by atoms with Crippen LogP contribution in [0.15, 0.2) is 34.8 Å². The summed E-state index contributed by atoms with van der Waals surface area (Å²) < 4.78 is 38.5. The number of rotatable bonds is 2. The van der Waals surface area contributed by atoms with E-state index in [1.807, 2.05) is 13.0 Å². The van der Waals surface area contributed by atoms with E-state index in [2.05, 4.69) is 21.2 Å². The summed E-state index contributed by atoms with van der Waals surface area (Å²) >= 11 is 9.40. The maximum Gasteiger partial charge on any atom is 0.416 e. The van der Waals surface area contributed by atoms with Crippen LogP contribution < -0.4 is 11.1 Å². The molecule has 2 nitrogen and oxygen atoms in total. The Balaban J connectivity index is 2.35. The molecule has 2 rings (SSSR count). The summed E-state index contributed by atoms with van der Waals surface area (Å²) in [5.74, 6) is 0. The average Bonchev–Trinajstić information content (AvgIpc) is 2.36. The Kier molecular flexibility index (Phi) is 4.39. The number of benzene rings is 2. The molecule has 0 heterocycles. The Morgan fingerprint density at radius 3 is 2.38 bits per heavy atom. The van der Waals surface area contributed by atoms with Gasteiger partial charge >= 0.3 is 6.18 Å². The molecule has 0 unspecified atom stereocenters. The van der Waals surface area contributed by atoms with Crippen molar-refractivity contribution in [1.29, 1.82) is 0 Å². The first-order valence-corrected chi connectivity index (χ1v) is 7.05. The summed E-state index contributed by atoms with van der Waals surface area (Å²) in [7, 11) is 0. The minimum absolute atomic E-state index is 0.00780. The number of aryl methyl sites for hydroxylation is 1. The van der Waals surface area contributed by atoms with Gasteiger partial charge in [0.25, 0.3) is 0 Å². The fourth-order valence-electron chi connectivity index (χ4n) is 1.74. The van der Waals surface area contributed by atoms with Gasteiger partial charge in [-0.3, -0.25) is 0 Å². The summed E-state index contributed by atoms with van der Waals surface area (Å²) in [4.78, 5) is 0. The minimum Gasteiger partial charge on any atom is -0.397 e. The van der Waals surface area contributed by atoms with Gasteiger partial charge in [0.2, 0.25) is 0 Å². The van der Waals surface area contributed by atoms with Crippen LogP contribution in [0.25, 0.3) is 0 Å². The smallest absolute Gasteiger partial charge is 0.397 e. The number of hydrogen-bond acceptors (Lipinski definition) is 2. The van der Waals surface area contributed by atoms with E-state index < -0.39 is 11.7 Å². The third-order valence-corrected chi connectivity index (χ3v) is 3.96. The largest absolute Gasteiger partial charge is 0.416 e. The summed E-state index contributed by atoms with van der Waals surface area (Å²) in [6.45, 7) is 1.85. The lowest BCUT2D eigenvalue weighted by molar-refractivity contribution is -0.137. The van der Waals surface area contributed by atoms with E-state index in [1.54, 1.807) is 6.07 Å². The summed E-state index contributed by atoms with van der Waals surface area (Å²) in [6.07, 6.45) is -4.42. The molecule has 0 fully saturated rings. The van der Waals surface area contributed by atoms with Crippen LogP contribution in [0, 0.1) is 6.92 Å². The maximum atomic E-state index is 12.6. The van der Waals surface area contributed by atoms with E-state index in [9.17, 15) is 13.2 Å². The minimum atomic E-state index is -4.42. The van der Waals surface area contributed by atoms with Gasteiger partial charge in [0.05, 0.1) is 22.6 Å². The fourth-order valence-corrected chi connectivity index (χ4v) is 2.46. The maximum absolute atomic E-state index is 12.6. The van der Waals surface area contributed by atoms with Crippen molar-refractivity contribution in [3.8, 4) is 0 Å². The first kappa shape index (κ1) is 16.0. The van der Waals surface area contributed by atoms with Crippen LogP contribution >= 0.6 is 27.5 Å². The predicted octanol–water partition coefficient (Wildman–Crippen LogP) is 5.76. The molecule has 0 saturated heterocycles. The molecule has 0 bridgehead atoms. The van der Waals surface area contributed by atoms with E-state index in [4.69, 9.17) is 17.3 Å². The summed E-state index contributed by atoms with van der Waals surface area (Å²) in [5.41, 5.74) is 6.78. The Hall–Kier alpha value is -1.40. The van der Waals surface area contributed by atoms with E-state index in [0.29, 0.717) is 16.4 Å². The molecule has 3 N–H and O–H groups in total. The lowest BCUT2D eigenvalue weighted by atomic mass is 10.1. The van der Waals surface area contributed by atoms with Crippen molar-refractivity contribution in [1.82, 2.24) is 0 Å². The highest BCUT2D eigenvalue weighted by Crippen LogP contribution is 2.36. The van der Waals surface area contributed by atoms with Crippen LogP contribution in [0.5, 0.6) is 0 Å². The van der Waals surface area contributed by atoms with Gasteiger partial charge < -0.3 is 11.1 Å². The van der Waals surface area contributed by atoms with Crippen LogP contribution in [0.3, 0.4) is 0 Å². The van der Waals surface area contributed by atoms with E-state index >= 15 is 0 Å². The highest BCUT2D eigenvalue weighted by Gasteiger charge is 2.30. The monoisotopic (exact) mass is 378 g/mol. The van der Waals surface area contributed by atoms with Crippen molar-refractivity contribution in [3.05, 3.63) is 51.0 Å². The van der Waals surface area contributed by atoms with Crippen molar-refractivity contribution in [2.45, 2.75) is 13.1 Å². The molecule has 112 valence electrons. The van der Waals surface area contributed by atoms with Crippen molar-refractivity contribution in [2.24, 2.45) is 0 Å². The summed E-state index contributed by atoms with van der Waals surface area (Å²) in [5, 5.41) is 3.51. The van der Waals surface area contributed by atoms with Gasteiger partial charge in [-0.1, -0.05) is 11.6 Å². The van der Waals surface area contributed by atoms with Gasteiger partial charge in [-0.25, -0.2) is 0 Å². The Morgan fingerprint density at radius 2 is 1.81 bits per heavy atom. The van der Waals surface area contributed by atoms with Gasteiger partial charge in [0.1, 0.15) is 0 Å². The van der Waals surface area contributed by atoms with Crippen molar-refractivity contribution >= 4 is 44.6 Å². The molecule has 7 heteroatoms. The number of nitrogens with two attached hydrogens (primary N) is 1. The molecule has 2 aromatic rings. The van der Waals surface area contributed by atoms with Crippen LogP contribution in [-0.2, 0) is 6.18 Å². The second-order valence-corrected chi connectivity index (χ2v) is 5.77. The molecule has 0 atom stereocenters. The van der Waals surface area contributed by atoms with Crippen LogP contribution in [0.4, 0.5) is 30.2 Å². The second-order valence-electron chi connectivity index (χ2n) is 4.51. The zero-order valence-corrected chi connectivity index (χ0v) is 13.2. The standard InChI is InChI=1S/C14H11BrClF3N2/c1-7-4-9(15)13(6-10(7)16)21-12-3-2-8(5-11(12)20)14(17,18)19/h2-6,21H,20H2,1H3. The van der Waals surface area contributed by atoms with Crippen molar-refractivity contribution < 1.29 is 13.2 Å². The third-order valence-electron chi connectivity index (χ3n) is 2.90. The Bertz CT molecular complexity index is 687. The molecule has 0 amide bonds. The first-order chi connectivity index (χ1) is 9.68. The molecular formula is C14H11BrClF3N2. The van der Waals surface area contributed by atoms with Crippen molar-refractivity contribution in [2.75, 3.05) is 11.1 Å². The zero-order valence-electron chi connectivity index (χ0n) is 10.9.